The fourth-order valence-corrected chi connectivity index (χ4v) is 2.22. The summed E-state index contributed by atoms with van der Waals surface area (Å²) in [6.45, 7) is 1.90. The van der Waals surface area contributed by atoms with Crippen LogP contribution in [-0.2, 0) is 22.6 Å². The van der Waals surface area contributed by atoms with Gasteiger partial charge in [-0.2, -0.15) is 0 Å². The maximum absolute atomic E-state index is 11.9. The van der Waals surface area contributed by atoms with E-state index in [1.165, 1.54) is 6.92 Å². The predicted molar refractivity (Wildman–Crippen MR) is 87.7 cm³/mol. The SMILES string of the molecule is CC(=O)Nc1ccc(CC(=O)NCc2cccc(Cl)c2)cc1. The molecule has 0 bridgehead atoms. The average molecular weight is 317 g/mol. The van der Waals surface area contributed by atoms with Crippen LogP contribution < -0.4 is 10.6 Å². The molecule has 0 aliphatic heterocycles. The number of carbonyl (C=O) groups excluding carboxylic acids is 2. The number of anilines is 1. The first-order chi connectivity index (χ1) is 10.5. The molecule has 2 rings (SSSR count). The summed E-state index contributed by atoms with van der Waals surface area (Å²) in [5.74, 6) is -0.181. The van der Waals surface area contributed by atoms with Crippen LogP contribution >= 0.6 is 11.6 Å². The highest BCUT2D eigenvalue weighted by Crippen LogP contribution is 2.11. The molecule has 0 unspecified atom stereocenters. The van der Waals surface area contributed by atoms with Crippen LogP contribution in [0.5, 0.6) is 0 Å². The minimum atomic E-state index is -0.119. The van der Waals surface area contributed by atoms with Gasteiger partial charge in [0, 0.05) is 24.2 Å². The Kier molecular flexibility index (Phi) is 5.55. The summed E-state index contributed by atoms with van der Waals surface area (Å²) in [7, 11) is 0. The van der Waals surface area contributed by atoms with Crippen LogP contribution in [0.4, 0.5) is 5.69 Å². The van der Waals surface area contributed by atoms with Gasteiger partial charge in [-0.3, -0.25) is 9.59 Å². The summed E-state index contributed by atoms with van der Waals surface area (Å²) in [5.41, 5.74) is 2.56. The third-order valence-electron chi connectivity index (χ3n) is 3.02. The molecule has 0 aromatic heterocycles. The van der Waals surface area contributed by atoms with Crippen LogP contribution in [0.2, 0.25) is 5.02 Å². The van der Waals surface area contributed by atoms with E-state index in [-0.39, 0.29) is 11.8 Å². The third-order valence-corrected chi connectivity index (χ3v) is 3.25. The summed E-state index contributed by atoms with van der Waals surface area (Å²) < 4.78 is 0. The normalized spacial score (nSPS) is 10.1. The lowest BCUT2D eigenvalue weighted by Gasteiger charge is -2.07. The number of nitrogens with one attached hydrogen (secondary N) is 2. The first kappa shape index (κ1) is 16.0. The van der Waals surface area contributed by atoms with Gasteiger partial charge in [-0.25, -0.2) is 0 Å². The van der Waals surface area contributed by atoms with Crippen molar-refractivity contribution < 1.29 is 9.59 Å². The van der Waals surface area contributed by atoms with Gasteiger partial charge in [0.25, 0.3) is 0 Å². The Bertz CT molecular complexity index is 669. The fourth-order valence-electron chi connectivity index (χ4n) is 2.00. The summed E-state index contributed by atoms with van der Waals surface area (Å²) in [6.07, 6.45) is 0.293. The molecule has 0 spiro atoms. The minimum Gasteiger partial charge on any atom is -0.352 e. The maximum Gasteiger partial charge on any atom is 0.224 e. The van der Waals surface area contributed by atoms with E-state index >= 15 is 0 Å². The van der Waals surface area contributed by atoms with Crippen molar-refractivity contribution in [1.29, 1.82) is 0 Å². The Morgan fingerprint density at radius 1 is 1.05 bits per heavy atom. The van der Waals surface area contributed by atoms with E-state index in [1.807, 2.05) is 30.3 Å². The second kappa shape index (κ2) is 7.61. The van der Waals surface area contributed by atoms with Crippen molar-refractivity contribution in [1.82, 2.24) is 5.32 Å². The van der Waals surface area contributed by atoms with Gasteiger partial charge in [0.2, 0.25) is 11.8 Å². The molecule has 0 aliphatic carbocycles. The molecule has 2 aromatic carbocycles. The molecule has 2 amide bonds. The lowest BCUT2D eigenvalue weighted by Crippen LogP contribution is -2.24. The fraction of sp³-hybridized carbons (Fsp3) is 0.176. The Balaban J connectivity index is 1.85. The van der Waals surface area contributed by atoms with E-state index in [4.69, 9.17) is 11.6 Å². The van der Waals surface area contributed by atoms with Crippen molar-refractivity contribution in [2.24, 2.45) is 0 Å². The topological polar surface area (TPSA) is 58.2 Å². The summed E-state index contributed by atoms with van der Waals surface area (Å²) in [5, 5.41) is 6.19. The van der Waals surface area contributed by atoms with Crippen molar-refractivity contribution in [2.75, 3.05) is 5.32 Å². The van der Waals surface area contributed by atoms with Crippen molar-refractivity contribution in [3.63, 3.8) is 0 Å². The van der Waals surface area contributed by atoms with E-state index in [1.54, 1.807) is 18.2 Å². The predicted octanol–water partition coefficient (Wildman–Crippen LogP) is 3.16. The van der Waals surface area contributed by atoms with E-state index < -0.39 is 0 Å². The summed E-state index contributed by atoms with van der Waals surface area (Å²) in [6, 6.07) is 14.6. The zero-order valence-corrected chi connectivity index (χ0v) is 13.0. The van der Waals surface area contributed by atoms with Crippen molar-refractivity contribution in [3.8, 4) is 0 Å². The Morgan fingerprint density at radius 3 is 2.41 bits per heavy atom. The van der Waals surface area contributed by atoms with Crippen molar-refractivity contribution in [3.05, 3.63) is 64.7 Å². The number of carbonyl (C=O) groups is 2. The molecule has 2 N–H and O–H groups in total. The lowest BCUT2D eigenvalue weighted by molar-refractivity contribution is -0.120. The maximum atomic E-state index is 11.9. The van der Waals surface area contributed by atoms with Gasteiger partial charge in [0.15, 0.2) is 0 Å². The molecule has 5 heteroatoms. The number of amides is 2. The first-order valence-corrected chi connectivity index (χ1v) is 7.28. The van der Waals surface area contributed by atoms with Gasteiger partial charge in [-0.1, -0.05) is 35.9 Å². The molecule has 4 nitrogen and oxygen atoms in total. The third kappa shape index (κ3) is 5.22. The molecule has 0 radical (unpaired) electrons. The molecule has 0 heterocycles. The van der Waals surface area contributed by atoms with E-state index in [2.05, 4.69) is 10.6 Å². The number of benzene rings is 2. The van der Waals surface area contributed by atoms with Crippen molar-refractivity contribution >= 4 is 29.1 Å². The van der Waals surface area contributed by atoms with Crippen molar-refractivity contribution in [2.45, 2.75) is 19.9 Å². The highest BCUT2D eigenvalue weighted by Gasteiger charge is 2.04. The van der Waals surface area contributed by atoms with Crippen LogP contribution in [0.25, 0.3) is 0 Å². The van der Waals surface area contributed by atoms with E-state index in [0.29, 0.717) is 18.0 Å². The molecule has 0 aliphatic rings. The number of hydrogen-bond donors (Lipinski definition) is 2. The van der Waals surface area contributed by atoms with Gasteiger partial charge in [0.05, 0.1) is 6.42 Å². The molecular formula is C17H17ClN2O2. The van der Waals surface area contributed by atoms with Crippen LogP contribution in [0, 0.1) is 0 Å². The van der Waals surface area contributed by atoms with Crippen LogP contribution in [-0.4, -0.2) is 11.8 Å². The average Bonchev–Trinajstić information content (AvgIpc) is 2.47. The van der Waals surface area contributed by atoms with Crippen LogP contribution in [0.1, 0.15) is 18.1 Å². The number of hydrogen-bond acceptors (Lipinski definition) is 2. The molecular weight excluding hydrogens is 300 g/mol. The highest BCUT2D eigenvalue weighted by molar-refractivity contribution is 6.30. The van der Waals surface area contributed by atoms with Gasteiger partial charge >= 0.3 is 0 Å². The summed E-state index contributed by atoms with van der Waals surface area (Å²) >= 11 is 5.90. The highest BCUT2D eigenvalue weighted by atomic mass is 35.5. The Labute approximate surface area is 134 Å². The zero-order chi connectivity index (χ0) is 15.9. The zero-order valence-electron chi connectivity index (χ0n) is 12.2. The Hall–Kier alpha value is -2.33. The molecule has 0 atom stereocenters. The van der Waals surface area contributed by atoms with Gasteiger partial charge < -0.3 is 10.6 Å². The minimum absolute atomic E-state index is 0.0627. The second-order valence-electron chi connectivity index (χ2n) is 4.96. The molecule has 0 fully saturated rings. The van der Waals surface area contributed by atoms with Crippen LogP contribution in [0.15, 0.2) is 48.5 Å². The lowest BCUT2D eigenvalue weighted by atomic mass is 10.1. The van der Waals surface area contributed by atoms with Crippen LogP contribution in [0.3, 0.4) is 0 Å². The standard InChI is InChI=1S/C17H17ClN2O2/c1-12(21)20-16-7-5-13(6-8-16)10-17(22)19-11-14-3-2-4-15(18)9-14/h2-9H,10-11H2,1H3,(H,19,22)(H,20,21). The smallest absolute Gasteiger partial charge is 0.224 e. The molecule has 2 aromatic rings. The molecule has 22 heavy (non-hydrogen) atoms. The monoisotopic (exact) mass is 316 g/mol. The van der Waals surface area contributed by atoms with E-state index in [0.717, 1.165) is 16.8 Å². The Morgan fingerprint density at radius 2 is 1.77 bits per heavy atom. The van der Waals surface area contributed by atoms with Gasteiger partial charge in [-0.05, 0) is 35.4 Å². The van der Waals surface area contributed by atoms with Gasteiger partial charge in [-0.15, -0.1) is 0 Å². The first-order valence-electron chi connectivity index (χ1n) is 6.90. The van der Waals surface area contributed by atoms with Gasteiger partial charge in [0.1, 0.15) is 0 Å². The number of halogens is 1. The molecule has 0 saturated carbocycles. The largest absolute Gasteiger partial charge is 0.352 e. The molecule has 0 saturated heterocycles. The number of rotatable bonds is 5. The molecule has 114 valence electrons. The van der Waals surface area contributed by atoms with E-state index in [9.17, 15) is 9.59 Å². The second-order valence-corrected chi connectivity index (χ2v) is 5.40. The quantitative estimate of drug-likeness (QED) is 0.890. The summed E-state index contributed by atoms with van der Waals surface area (Å²) in [4.78, 5) is 22.9.